The van der Waals surface area contributed by atoms with Crippen LogP contribution in [0, 0.1) is 19.8 Å². The lowest BCUT2D eigenvalue weighted by Gasteiger charge is -2.34. The van der Waals surface area contributed by atoms with Gasteiger partial charge in [0.1, 0.15) is 0 Å². The van der Waals surface area contributed by atoms with Gasteiger partial charge in [-0.15, -0.1) is 11.3 Å². The van der Waals surface area contributed by atoms with Crippen LogP contribution >= 0.6 is 11.3 Å². The summed E-state index contributed by atoms with van der Waals surface area (Å²) in [4.78, 5) is 12.8. The number of aliphatic imine (C=N–C) groups is 1. The number of nitrogens with zero attached hydrogens (tertiary/aromatic N) is 3. The summed E-state index contributed by atoms with van der Waals surface area (Å²) >= 11 is 1.81. The third-order valence-corrected chi connectivity index (χ3v) is 6.26. The highest BCUT2D eigenvalue weighted by Gasteiger charge is 2.21. The molecule has 1 N–H and O–H groups in total. The first kappa shape index (κ1) is 18.9. The first-order valence-electron chi connectivity index (χ1n) is 9.58. The molecule has 0 radical (unpaired) electrons. The molecule has 0 amide bonds. The lowest BCUT2D eigenvalue weighted by atomic mass is 9.90. The summed E-state index contributed by atoms with van der Waals surface area (Å²) in [5, 5.41) is 4.70. The Balaban J connectivity index is 1.44. The molecule has 1 aromatic carbocycles. The molecule has 3 rings (SSSR count). The topological polar surface area (TPSA) is 40.5 Å². The van der Waals surface area contributed by atoms with Crippen LogP contribution in [0.2, 0.25) is 0 Å². The largest absolute Gasteiger partial charge is 0.356 e. The second-order valence-electron chi connectivity index (χ2n) is 7.09. The fourth-order valence-corrected chi connectivity index (χ4v) is 4.66. The zero-order valence-corrected chi connectivity index (χ0v) is 17.0. The fourth-order valence-electron chi connectivity index (χ4n) is 3.72. The van der Waals surface area contributed by atoms with Crippen LogP contribution in [0.3, 0.4) is 0 Å². The minimum atomic E-state index is 0.787. The Bertz CT molecular complexity index is 715. The highest BCUT2D eigenvalue weighted by atomic mass is 32.1. The zero-order valence-electron chi connectivity index (χ0n) is 16.2. The summed E-state index contributed by atoms with van der Waals surface area (Å²) < 4.78 is 0. The number of aryl methyl sites for hydroxylation is 2. The quantitative estimate of drug-likeness (QED) is 0.642. The first-order valence-corrected chi connectivity index (χ1v) is 10.4. The Morgan fingerprint density at radius 3 is 2.58 bits per heavy atom. The van der Waals surface area contributed by atoms with Crippen LogP contribution in [-0.4, -0.2) is 42.5 Å². The van der Waals surface area contributed by atoms with Gasteiger partial charge in [0.2, 0.25) is 0 Å². The summed E-state index contributed by atoms with van der Waals surface area (Å²) in [6.07, 6.45) is 4.69. The molecule has 0 aliphatic carbocycles. The average molecular weight is 371 g/mol. The normalized spacial score (nSPS) is 16.1. The van der Waals surface area contributed by atoms with E-state index in [2.05, 4.69) is 64.4 Å². The molecule has 4 nitrogen and oxygen atoms in total. The molecular weight excluding hydrogens is 340 g/mol. The Hall–Kier alpha value is -1.88. The number of aromatic nitrogens is 1. The number of piperidine rings is 1. The molecule has 2 heterocycles. The summed E-state index contributed by atoms with van der Waals surface area (Å²) in [6, 6.07) is 10.9. The lowest BCUT2D eigenvalue weighted by molar-refractivity contribution is 0.259. The van der Waals surface area contributed by atoms with Crippen LogP contribution in [0.4, 0.5) is 0 Å². The van der Waals surface area contributed by atoms with Crippen LogP contribution in [0.25, 0.3) is 0 Å². The predicted octanol–water partition coefficient (Wildman–Crippen LogP) is 3.83. The minimum Gasteiger partial charge on any atom is -0.356 e. The maximum atomic E-state index is 4.51. The number of hydrogen-bond donors (Lipinski definition) is 1. The zero-order chi connectivity index (χ0) is 18.4. The Morgan fingerprint density at radius 1 is 1.23 bits per heavy atom. The van der Waals surface area contributed by atoms with E-state index in [0.717, 1.165) is 42.9 Å². The van der Waals surface area contributed by atoms with Crippen molar-refractivity contribution in [1.82, 2.24) is 15.2 Å². The van der Waals surface area contributed by atoms with E-state index in [1.54, 1.807) is 11.3 Å². The van der Waals surface area contributed by atoms with Crippen LogP contribution in [0.1, 0.15) is 34.0 Å². The van der Waals surface area contributed by atoms with E-state index >= 15 is 0 Å². The van der Waals surface area contributed by atoms with Crippen molar-refractivity contribution < 1.29 is 0 Å². The number of guanidine groups is 1. The van der Waals surface area contributed by atoms with Crippen LogP contribution < -0.4 is 5.32 Å². The molecule has 0 spiro atoms. The molecule has 0 atom stereocenters. The van der Waals surface area contributed by atoms with Crippen molar-refractivity contribution in [3.63, 3.8) is 0 Å². The molecule has 1 fully saturated rings. The second kappa shape index (κ2) is 9.17. The van der Waals surface area contributed by atoms with Gasteiger partial charge in [-0.1, -0.05) is 30.3 Å². The van der Waals surface area contributed by atoms with Gasteiger partial charge in [-0.3, -0.25) is 4.99 Å². The van der Waals surface area contributed by atoms with Crippen molar-refractivity contribution in [3.8, 4) is 0 Å². The van der Waals surface area contributed by atoms with E-state index in [9.17, 15) is 0 Å². The van der Waals surface area contributed by atoms with Gasteiger partial charge in [-0.2, -0.15) is 0 Å². The van der Waals surface area contributed by atoms with Crippen molar-refractivity contribution >= 4 is 17.3 Å². The minimum absolute atomic E-state index is 0.787. The van der Waals surface area contributed by atoms with Crippen molar-refractivity contribution in [1.29, 1.82) is 0 Å². The SMILES string of the molecule is CN=C(NCCc1sc(C)nc1C)N1CCC(Cc2ccccc2)CC1. The smallest absolute Gasteiger partial charge is 0.193 e. The van der Waals surface area contributed by atoms with Gasteiger partial charge >= 0.3 is 0 Å². The van der Waals surface area contributed by atoms with E-state index in [1.807, 2.05) is 7.05 Å². The third kappa shape index (κ3) is 5.07. The maximum Gasteiger partial charge on any atom is 0.193 e. The van der Waals surface area contributed by atoms with Crippen molar-refractivity contribution in [2.75, 3.05) is 26.7 Å². The third-order valence-electron chi connectivity index (χ3n) is 5.13. The Morgan fingerprint density at radius 2 is 1.96 bits per heavy atom. The monoisotopic (exact) mass is 370 g/mol. The van der Waals surface area contributed by atoms with E-state index in [1.165, 1.54) is 35.4 Å². The van der Waals surface area contributed by atoms with Gasteiger partial charge in [0, 0.05) is 38.0 Å². The van der Waals surface area contributed by atoms with E-state index < -0.39 is 0 Å². The van der Waals surface area contributed by atoms with Gasteiger partial charge in [0.05, 0.1) is 10.7 Å². The van der Waals surface area contributed by atoms with Gasteiger partial charge in [0.15, 0.2) is 5.96 Å². The molecule has 1 aliphatic heterocycles. The number of nitrogens with one attached hydrogen (secondary N) is 1. The fraction of sp³-hybridized carbons (Fsp3) is 0.524. The maximum absolute atomic E-state index is 4.51. The standard InChI is InChI=1S/C21H30N4S/c1-16-20(26-17(2)24-16)9-12-23-21(22-3)25-13-10-19(11-14-25)15-18-7-5-4-6-8-18/h4-8,19H,9-15H2,1-3H3,(H,22,23). The Kier molecular flexibility index (Phi) is 6.67. The molecule has 1 aromatic heterocycles. The molecule has 0 bridgehead atoms. The number of rotatable bonds is 5. The molecule has 2 aromatic rings. The molecule has 1 aliphatic rings. The molecule has 1 saturated heterocycles. The van der Waals surface area contributed by atoms with Crippen LogP contribution in [-0.2, 0) is 12.8 Å². The number of benzene rings is 1. The summed E-state index contributed by atoms with van der Waals surface area (Å²) in [7, 11) is 1.89. The Labute approximate surface area is 161 Å². The van der Waals surface area contributed by atoms with Gasteiger partial charge in [0.25, 0.3) is 0 Å². The highest BCUT2D eigenvalue weighted by molar-refractivity contribution is 7.11. The number of likely N-dealkylation sites (tertiary alicyclic amines) is 1. The molecule has 5 heteroatoms. The molecular formula is C21H30N4S. The summed E-state index contributed by atoms with van der Waals surface area (Å²) in [6.45, 7) is 7.28. The molecule has 0 saturated carbocycles. The number of thiazole rings is 1. The van der Waals surface area contributed by atoms with E-state index in [0.29, 0.717) is 0 Å². The van der Waals surface area contributed by atoms with E-state index in [4.69, 9.17) is 0 Å². The van der Waals surface area contributed by atoms with Crippen molar-refractivity contribution in [2.24, 2.45) is 10.9 Å². The van der Waals surface area contributed by atoms with Gasteiger partial charge < -0.3 is 10.2 Å². The molecule has 26 heavy (non-hydrogen) atoms. The predicted molar refractivity (Wildman–Crippen MR) is 111 cm³/mol. The van der Waals surface area contributed by atoms with Gasteiger partial charge in [-0.05, 0) is 44.6 Å². The molecule has 0 unspecified atom stereocenters. The lowest BCUT2D eigenvalue weighted by Crippen LogP contribution is -2.46. The highest BCUT2D eigenvalue weighted by Crippen LogP contribution is 2.22. The van der Waals surface area contributed by atoms with E-state index in [-0.39, 0.29) is 0 Å². The van der Waals surface area contributed by atoms with Crippen LogP contribution in [0.5, 0.6) is 0 Å². The van der Waals surface area contributed by atoms with Gasteiger partial charge in [-0.25, -0.2) is 4.98 Å². The van der Waals surface area contributed by atoms with Crippen LogP contribution in [0.15, 0.2) is 35.3 Å². The van der Waals surface area contributed by atoms with Crippen molar-refractivity contribution in [2.45, 2.75) is 39.5 Å². The molecule has 140 valence electrons. The second-order valence-corrected chi connectivity index (χ2v) is 8.37. The average Bonchev–Trinajstić information content (AvgIpc) is 2.98. The number of hydrogen-bond acceptors (Lipinski definition) is 3. The summed E-state index contributed by atoms with van der Waals surface area (Å²) in [5.74, 6) is 1.83. The summed E-state index contributed by atoms with van der Waals surface area (Å²) in [5.41, 5.74) is 2.63. The first-order chi connectivity index (χ1) is 12.7. The van der Waals surface area contributed by atoms with Crippen molar-refractivity contribution in [3.05, 3.63) is 51.5 Å².